The summed E-state index contributed by atoms with van der Waals surface area (Å²) in [6.45, 7) is 22.5. The van der Waals surface area contributed by atoms with Gasteiger partial charge in [0.15, 0.2) is 11.6 Å². The van der Waals surface area contributed by atoms with E-state index in [1.165, 1.54) is 6.42 Å². The number of aliphatic hydroxyl groups is 2. The van der Waals surface area contributed by atoms with Crippen LogP contribution in [-0.2, 0) is 33.3 Å². The minimum atomic E-state index is -1.32. The second-order valence-electron chi connectivity index (χ2n) is 20.8. The lowest BCUT2D eigenvalue weighted by atomic mass is 9.72. The first kappa shape index (κ1) is 51.8. The smallest absolute Gasteiger partial charge is 0.315 e. The highest BCUT2D eigenvalue weighted by Crippen LogP contribution is 2.54. The lowest BCUT2D eigenvalue weighted by molar-refractivity contribution is -0.397. The van der Waals surface area contributed by atoms with Crippen molar-refractivity contribution in [3.8, 4) is 0 Å². The molecule has 2 amide bonds. The molecule has 0 bridgehead atoms. The molecule has 0 saturated carbocycles. The molecular weight excluding hydrogens is 805 g/mol. The number of carbonyl (C=O) groups excluding carboxylic acids is 2. The van der Waals surface area contributed by atoms with Crippen molar-refractivity contribution in [3.05, 3.63) is 12.2 Å². The lowest BCUT2D eigenvalue weighted by Gasteiger charge is -2.55. The molecule has 0 radical (unpaired) electrons. The highest BCUT2D eigenvalue weighted by molar-refractivity contribution is 5.84. The second kappa shape index (κ2) is 21.7. The number of aliphatic hydroxyl groups excluding tert-OH is 1. The Hall–Kier alpha value is -2.13. The van der Waals surface area contributed by atoms with Crippen molar-refractivity contribution in [1.82, 2.24) is 10.6 Å². The van der Waals surface area contributed by atoms with Crippen LogP contribution in [0.15, 0.2) is 12.2 Å². The van der Waals surface area contributed by atoms with Crippen molar-refractivity contribution in [3.63, 3.8) is 0 Å². The fourth-order valence-electron chi connectivity index (χ4n) is 11.8. The number of ketones is 1. The maximum atomic E-state index is 14.7. The second-order valence-corrected chi connectivity index (χ2v) is 20.8. The van der Waals surface area contributed by atoms with Gasteiger partial charge in [0, 0.05) is 36.6 Å². The van der Waals surface area contributed by atoms with Gasteiger partial charge in [0.25, 0.3) is 0 Å². The average molecular weight is 891 g/mol. The van der Waals surface area contributed by atoms with Gasteiger partial charge in [-0.15, -0.1) is 0 Å². The minimum absolute atomic E-state index is 0.0122. The van der Waals surface area contributed by atoms with E-state index >= 15 is 0 Å². The largest absolute Gasteiger partial charge is 0.481 e. The maximum absolute atomic E-state index is 14.7. The van der Waals surface area contributed by atoms with Gasteiger partial charge in [-0.3, -0.25) is 9.59 Å². The summed E-state index contributed by atoms with van der Waals surface area (Å²) in [5.74, 6) is -5.91. The van der Waals surface area contributed by atoms with Gasteiger partial charge in [0.05, 0.1) is 53.7 Å². The number of unbranched alkanes of at least 4 members (excludes halogenated alkanes) is 4. The standard InChI is InChI=1S/C50H86N2O11/c1-12-16-17-18-19-28-51-46(57)52-39-22-25-49(63-50(39)27-26-47(11,62-50)40-23-24-48(58,15-4)35(10)59-40)32(7)29-31(6)44(61-49)37(14-3)42(54)33(8)41(53)34(9)43-30(5)20-21-38(60-43)36(13-2)45(55)56/h22,25,30-41,43-44,53,58H,12-21,23-24,26-29H2,1-11H3,(H,55,56)(H2,51,52,57)/t30-,31-,32+,33-,34-,35-,36+,37?,38+,39?,40+,41+,43+,44-,47-,48+,49-,50-/m0/s1. The molecule has 0 aromatic heterocycles. The summed E-state index contributed by atoms with van der Waals surface area (Å²) in [6.07, 6.45) is 12.1. The van der Waals surface area contributed by atoms with Gasteiger partial charge in [-0.05, 0) is 96.0 Å². The SMILES string of the molecule is CCCCCCCNC(=O)NC1C=C[C@]2(O[C@H](C(CC)C(=O)[C@@H](C)[C@@H](O)[C@H](C)[C@@H]3O[C@@H]([C@@H](CC)C(=O)O)CC[C@@H]3C)[C@@H](C)C[C@H]2C)O[C@@]12CC[C@@](C)([C@H]1CC[C@](O)(CC)[C@H](C)O1)O2. The summed E-state index contributed by atoms with van der Waals surface area (Å²) in [6, 6.07) is -0.954. The Balaban J connectivity index is 1.37. The molecule has 0 aliphatic carbocycles. The quantitative estimate of drug-likeness (QED) is 0.0620. The highest BCUT2D eigenvalue weighted by Gasteiger charge is 2.63. The van der Waals surface area contributed by atoms with Crippen LogP contribution in [0.4, 0.5) is 4.79 Å². The van der Waals surface area contributed by atoms with Crippen LogP contribution in [0.5, 0.6) is 0 Å². The van der Waals surface area contributed by atoms with Gasteiger partial charge in [-0.2, -0.15) is 0 Å². The van der Waals surface area contributed by atoms with E-state index < -0.39 is 76.8 Å². The first-order valence-corrected chi connectivity index (χ1v) is 25.0. The average Bonchev–Trinajstić information content (AvgIpc) is 3.59. The zero-order valence-electron chi connectivity index (χ0n) is 40.7. The zero-order valence-corrected chi connectivity index (χ0v) is 40.7. The topological polar surface area (TPSA) is 182 Å². The Morgan fingerprint density at radius 1 is 0.841 bits per heavy atom. The van der Waals surface area contributed by atoms with Crippen LogP contribution < -0.4 is 10.6 Å². The molecule has 2 spiro atoms. The molecule has 4 fully saturated rings. The number of carbonyl (C=O) groups is 3. The fraction of sp³-hybridized carbons (Fsp3) is 0.900. The Morgan fingerprint density at radius 3 is 2.17 bits per heavy atom. The van der Waals surface area contributed by atoms with E-state index in [1.54, 1.807) is 6.92 Å². The third kappa shape index (κ3) is 11.2. The molecule has 13 heteroatoms. The van der Waals surface area contributed by atoms with Gasteiger partial charge in [0.2, 0.25) is 0 Å². The Kier molecular flexibility index (Phi) is 17.8. The number of rotatable bonds is 19. The number of hydrogen-bond donors (Lipinski definition) is 5. The third-order valence-corrected chi connectivity index (χ3v) is 16.3. The summed E-state index contributed by atoms with van der Waals surface area (Å²) in [4.78, 5) is 40.2. The van der Waals surface area contributed by atoms with Crippen LogP contribution in [0.25, 0.3) is 0 Å². The molecule has 2 unspecified atom stereocenters. The molecule has 5 aliphatic heterocycles. The molecule has 5 heterocycles. The van der Waals surface area contributed by atoms with E-state index in [0.717, 1.165) is 32.1 Å². The lowest BCUT2D eigenvalue weighted by Crippen LogP contribution is -2.66. The number of urea groups is 1. The van der Waals surface area contributed by atoms with Crippen LogP contribution in [0.1, 0.15) is 172 Å². The predicted molar refractivity (Wildman–Crippen MR) is 242 cm³/mol. The molecule has 5 N–H and O–H groups in total. The van der Waals surface area contributed by atoms with Crippen LogP contribution in [0.2, 0.25) is 0 Å². The molecular formula is C50H86N2O11. The predicted octanol–water partition coefficient (Wildman–Crippen LogP) is 8.47. The molecule has 5 rings (SSSR count). The van der Waals surface area contributed by atoms with Gasteiger partial charge in [0.1, 0.15) is 11.8 Å². The molecule has 18 atom stereocenters. The maximum Gasteiger partial charge on any atom is 0.315 e. The molecule has 0 aromatic carbocycles. The Morgan fingerprint density at radius 2 is 1.54 bits per heavy atom. The third-order valence-electron chi connectivity index (χ3n) is 16.3. The fourth-order valence-corrected chi connectivity index (χ4v) is 11.8. The van der Waals surface area contributed by atoms with Crippen molar-refractivity contribution < 1.29 is 53.4 Å². The van der Waals surface area contributed by atoms with E-state index in [-0.39, 0.29) is 47.9 Å². The summed E-state index contributed by atoms with van der Waals surface area (Å²) in [5.41, 5.74) is -1.69. The molecule has 13 nitrogen and oxygen atoms in total. The first-order valence-electron chi connectivity index (χ1n) is 25.0. The summed E-state index contributed by atoms with van der Waals surface area (Å²) >= 11 is 0. The number of nitrogens with one attached hydrogen (secondary N) is 2. The van der Waals surface area contributed by atoms with E-state index in [2.05, 4.69) is 38.3 Å². The molecule has 0 aromatic rings. The summed E-state index contributed by atoms with van der Waals surface area (Å²) < 4.78 is 34.6. The number of hydrogen-bond acceptors (Lipinski definition) is 10. The van der Waals surface area contributed by atoms with Crippen molar-refractivity contribution in [2.75, 3.05) is 6.54 Å². The zero-order chi connectivity index (χ0) is 46.5. The number of carboxylic acid groups (broad SMARTS) is 1. The Bertz CT molecular complexity index is 1560. The van der Waals surface area contributed by atoms with Crippen LogP contribution in [0.3, 0.4) is 0 Å². The monoisotopic (exact) mass is 891 g/mol. The van der Waals surface area contributed by atoms with Crippen molar-refractivity contribution >= 4 is 17.8 Å². The number of aliphatic carboxylic acids is 1. The van der Waals surface area contributed by atoms with Crippen molar-refractivity contribution in [2.24, 2.45) is 41.4 Å². The minimum Gasteiger partial charge on any atom is -0.481 e. The molecule has 5 aliphatic rings. The first-order chi connectivity index (χ1) is 29.7. The molecule has 63 heavy (non-hydrogen) atoms. The molecule has 4 saturated heterocycles. The van der Waals surface area contributed by atoms with Crippen LogP contribution >= 0.6 is 0 Å². The Labute approximate surface area is 378 Å². The normalized spacial score (nSPS) is 40.6. The summed E-state index contributed by atoms with van der Waals surface area (Å²) in [7, 11) is 0. The van der Waals surface area contributed by atoms with Gasteiger partial charge in [-0.25, -0.2) is 4.79 Å². The van der Waals surface area contributed by atoms with Gasteiger partial charge in [-0.1, -0.05) is 94.1 Å². The van der Waals surface area contributed by atoms with Crippen LogP contribution in [-0.4, -0.2) is 105 Å². The van der Waals surface area contributed by atoms with E-state index in [1.807, 2.05) is 53.7 Å². The van der Waals surface area contributed by atoms with Crippen LogP contribution in [0, 0.1) is 41.4 Å². The number of ether oxygens (including phenoxy) is 5. The number of carboxylic acids is 1. The van der Waals surface area contributed by atoms with E-state index in [4.69, 9.17) is 23.7 Å². The number of amides is 2. The van der Waals surface area contributed by atoms with Crippen molar-refractivity contribution in [2.45, 2.75) is 238 Å². The highest BCUT2D eigenvalue weighted by atomic mass is 16.8. The van der Waals surface area contributed by atoms with E-state index in [9.17, 15) is 29.7 Å². The van der Waals surface area contributed by atoms with Crippen molar-refractivity contribution in [1.29, 1.82) is 0 Å². The van der Waals surface area contributed by atoms with Gasteiger partial charge < -0.3 is 49.6 Å². The number of Topliss-reactive ketones (excluding diaryl/α,β-unsaturated/α-hetero) is 1. The summed E-state index contributed by atoms with van der Waals surface area (Å²) in [5, 5.41) is 39.2. The molecule has 362 valence electrons. The van der Waals surface area contributed by atoms with E-state index in [0.29, 0.717) is 64.3 Å². The van der Waals surface area contributed by atoms with Gasteiger partial charge >= 0.3 is 12.0 Å².